The molecule has 0 atom stereocenters. The van der Waals surface area contributed by atoms with Crippen LogP contribution in [0.3, 0.4) is 0 Å². The highest BCUT2D eigenvalue weighted by molar-refractivity contribution is 7.18. The van der Waals surface area contributed by atoms with E-state index in [2.05, 4.69) is 53.5 Å². The first-order valence-corrected chi connectivity index (χ1v) is 10.00. The zero-order valence-corrected chi connectivity index (χ0v) is 15.9. The number of fused-ring (bicyclic) bond motifs is 1. The molecule has 6 heteroatoms. The highest BCUT2D eigenvalue weighted by atomic mass is 32.1. The lowest BCUT2D eigenvalue weighted by Gasteiger charge is -2.27. The van der Waals surface area contributed by atoms with Crippen LogP contribution in [0, 0.1) is 6.92 Å². The summed E-state index contributed by atoms with van der Waals surface area (Å²) in [6.07, 6.45) is 2.15. The van der Waals surface area contributed by atoms with Gasteiger partial charge in [-0.15, -0.1) is 11.3 Å². The first-order valence-electron chi connectivity index (χ1n) is 9.18. The van der Waals surface area contributed by atoms with Gasteiger partial charge in [0.05, 0.1) is 18.6 Å². The third-order valence-corrected chi connectivity index (χ3v) is 5.52. The molecule has 26 heavy (non-hydrogen) atoms. The van der Waals surface area contributed by atoms with Gasteiger partial charge in [0, 0.05) is 24.5 Å². The molecule has 4 rings (SSSR count). The molecule has 1 fully saturated rings. The van der Waals surface area contributed by atoms with Gasteiger partial charge in [-0.05, 0) is 31.4 Å². The van der Waals surface area contributed by atoms with Crippen LogP contribution in [0.4, 0.5) is 11.8 Å². The number of morpholine rings is 1. The van der Waals surface area contributed by atoms with Crippen molar-refractivity contribution in [3.05, 3.63) is 46.8 Å². The van der Waals surface area contributed by atoms with Crippen LogP contribution in [0.2, 0.25) is 0 Å². The molecule has 1 aliphatic heterocycles. The standard InChI is InChI=1S/C20H24N4OS/c1-15-14-17-18(21-9-5-8-16-6-3-2-4-7-16)22-20(23-19(17)26-15)24-10-12-25-13-11-24/h2-4,6-7,14H,5,8-13H2,1H3,(H,21,22,23). The largest absolute Gasteiger partial charge is 0.378 e. The van der Waals surface area contributed by atoms with Gasteiger partial charge in [-0.1, -0.05) is 30.3 Å². The molecule has 1 N–H and O–H groups in total. The number of thiophene rings is 1. The topological polar surface area (TPSA) is 50.3 Å². The second kappa shape index (κ2) is 8.01. The van der Waals surface area contributed by atoms with Gasteiger partial charge in [0.2, 0.25) is 5.95 Å². The van der Waals surface area contributed by atoms with Crippen molar-refractivity contribution in [1.29, 1.82) is 0 Å². The minimum Gasteiger partial charge on any atom is -0.378 e. The summed E-state index contributed by atoms with van der Waals surface area (Å²) in [5.74, 6) is 1.77. The molecule has 1 aliphatic rings. The zero-order valence-electron chi connectivity index (χ0n) is 15.1. The summed E-state index contributed by atoms with van der Waals surface area (Å²) in [4.78, 5) is 14.2. The number of rotatable bonds is 6. The first-order chi connectivity index (χ1) is 12.8. The lowest BCUT2D eigenvalue weighted by atomic mass is 10.1. The number of nitrogens with zero attached hydrogens (tertiary/aromatic N) is 3. The molecule has 5 nitrogen and oxygen atoms in total. The normalized spacial score (nSPS) is 14.7. The number of anilines is 2. The molecule has 0 aliphatic carbocycles. The van der Waals surface area contributed by atoms with Gasteiger partial charge in [-0.2, -0.15) is 4.98 Å². The SMILES string of the molecule is Cc1cc2c(NCCCc3ccccc3)nc(N3CCOCC3)nc2s1. The lowest BCUT2D eigenvalue weighted by Crippen LogP contribution is -2.37. The van der Waals surface area contributed by atoms with Gasteiger partial charge < -0.3 is 15.0 Å². The van der Waals surface area contributed by atoms with Crippen molar-refractivity contribution >= 4 is 33.3 Å². The van der Waals surface area contributed by atoms with Crippen LogP contribution in [0.5, 0.6) is 0 Å². The molecule has 2 aromatic heterocycles. The highest BCUT2D eigenvalue weighted by Crippen LogP contribution is 2.30. The van der Waals surface area contributed by atoms with Crippen LogP contribution in [0.25, 0.3) is 10.2 Å². The quantitative estimate of drug-likeness (QED) is 0.669. The van der Waals surface area contributed by atoms with Crippen LogP contribution in [-0.2, 0) is 11.2 Å². The van der Waals surface area contributed by atoms with Crippen molar-refractivity contribution < 1.29 is 4.74 Å². The summed E-state index contributed by atoms with van der Waals surface area (Å²) in [5, 5.41) is 4.68. The fraction of sp³-hybridized carbons (Fsp3) is 0.400. The van der Waals surface area contributed by atoms with Gasteiger partial charge in [-0.3, -0.25) is 0 Å². The number of nitrogens with one attached hydrogen (secondary N) is 1. The Bertz CT molecular complexity index is 859. The molecular formula is C20H24N4OS. The third-order valence-electron chi connectivity index (χ3n) is 4.58. The van der Waals surface area contributed by atoms with Crippen LogP contribution >= 0.6 is 11.3 Å². The Labute approximate surface area is 158 Å². The molecule has 136 valence electrons. The Morgan fingerprint density at radius 3 is 2.77 bits per heavy atom. The molecule has 3 heterocycles. The van der Waals surface area contributed by atoms with Crippen LogP contribution in [0.1, 0.15) is 16.9 Å². The molecule has 0 unspecified atom stereocenters. The molecule has 0 bridgehead atoms. The lowest BCUT2D eigenvalue weighted by molar-refractivity contribution is 0.122. The van der Waals surface area contributed by atoms with Crippen molar-refractivity contribution in [2.45, 2.75) is 19.8 Å². The third kappa shape index (κ3) is 3.97. The molecule has 0 radical (unpaired) electrons. The fourth-order valence-corrected chi connectivity index (χ4v) is 4.09. The molecule has 0 spiro atoms. The van der Waals surface area contributed by atoms with E-state index >= 15 is 0 Å². The highest BCUT2D eigenvalue weighted by Gasteiger charge is 2.17. The number of ether oxygens (including phenoxy) is 1. The van der Waals surface area contributed by atoms with Gasteiger partial charge in [0.25, 0.3) is 0 Å². The fourth-order valence-electron chi connectivity index (χ4n) is 3.21. The van der Waals surface area contributed by atoms with E-state index in [4.69, 9.17) is 14.7 Å². The van der Waals surface area contributed by atoms with E-state index in [1.807, 2.05) is 0 Å². The summed E-state index contributed by atoms with van der Waals surface area (Å²) in [5.41, 5.74) is 1.38. The predicted molar refractivity (Wildman–Crippen MR) is 108 cm³/mol. The van der Waals surface area contributed by atoms with E-state index in [1.165, 1.54) is 10.4 Å². The van der Waals surface area contributed by atoms with Crippen molar-refractivity contribution in [1.82, 2.24) is 9.97 Å². The minimum absolute atomic E-state index is 0.741. The predicted octanol–water partition coefficient (Wildman–Crippen LogP) is 3.88. The van der Waals surface area contributed by atoms with Crippen molar-refractivity contribution in [3.63, 3.8) is 0 Å². The second-order valence-corrected chi connectivity index (χ2v) is 7.80. The Kier molecular flexibility index (Phi) is 5.32. The maximum Gasteiger partial charge on any atom is 0.228 e. The second-order valence-electron chi connectivity index (χ2n) is 6.56. The van der Waals surface area contributed by atoms with Crippen LogP contribution in [0.15, 0.2) is 36.4 Å². The van der Waals surface area contributed by atoms with E-state index in [-0.39, 0.29) is 0 Å². The summed E-state index contributed by atoms with van der Waals surface area (Å²) in [7, 11) is 0. The monoisotopic (exact) mass is 368 g/mol. The van der Waals surface area contributed by atoms with Crippen molar-refractivity contribution in [2.75, 3.05) is 43.1 Å². The van der Waals surface area contributed by atoms with Crippen molar-refractivity contribution in [2.24, 2.45) is 0 Å². The Morgan fingerprint density at radius 1 is 1.15 bits per heavy atom. The summed E-state index contributed by atoms with van der Waals surface area (Å²) < 4.78 is 5.45. The Balaban J connectivity index is 1.49. The smallest absolute Gasteiger partial charge is 0.228 e. The van der Waals surface area contributed by atoms with Gasteiger partial charge in [-0.25, -0.2) is 4.98 Å². The number of hydrogen-bond acceptors (Lipinski definition) is 6. The minimum atomic E-state index is 0.741. The average Bonchev–Trinajstić information content (AvgIpc) is 3.07. The van der Waals surface area contributed by atoms with Crippen LogP contribution < -0.4 is 10.2 Å². The Morgan fingerprint density at radius 2 is 1.96 bits per heavy atom. The molecular weight excluding hydrogens is 344 g/mol. The first kappa shape index (κ1) is 17.2. The summed E-state index contributed by atoms with van der Waals surface area (Å²) in [6.45, 7) is 6.21. The summed E-state index contributed by atoms with van der Waals surface area (Å²) >= 11 is 1.73. The molecule has 3 aromatic rings. The Hall–Kier alpha value is -2.18. The number of hydrogen-bond donors (Lipinski definition) is 1. The van der Waals surface area contributed by atoms with E-state index in [0.717, 1.165) is 67.7 Å². The molecule has 1 saturated heterocycles. The molecule has 0 saturated carbocycles. The van der Waals surface area contributed by atoms with E-state index in [9.17, 15) is 0 Å². The number of aryl methyl sites for hydroxylation is 2. The number of aromatic nitrogens is 2. The van der Waals surface area contributed by atoms with E-state index in [1.54, 1.807) is 11.3 Å². The van der Waals surface area contributed by atoms with Gasteiger partial charge in [0.1, 0.15) is 10.6 Å². The maximum atomic E-state index is 5.45. The van der Waals surface area contributed by atoms with E-state index < -0.39 is 0 Å². The van der Waals surface area contributed by atoms with Gasteiger partial charge >= 0.3 is 0 Å². The average molecular weight is 369 g/mol. The summed E-state index contributed by atoms with van der Waals surface area (Å²) in [6, 6.07) is 12.8. The van der Waals surface area contributed by atoms with Crippen molar-refractivity contribution in [3.8, 4) is 0 Å². The maximum absolute atomic E-state index is 5.45. The molecule has 0 amide bonds. The zero-order chi connectivity index (χ0) is 17.8. The van der Waals surface area contributed by atoms with Crippen LogP contribution in [-0.4, -0.2) is 42.8 Å². The molecule has 1 aromatic carbocycles. The number of benzene rings is 1. The van der Waals surface area contributed by atoms with E-state index in [0.29, 0.717) is 0 Å². The van der Waals surface area contributed by atoms with Gasteiger partial charge in [0.15, 0.2) is 0 Å².